The third-order valence-corrected chi connectivity index (χ3v) is 8.71. The predicted octanol–water partition coefficient (Wildman–Crippen LogP) is 7.91. The van der Waals surface area contributed by atoms with Gasteiger partial charge in [0, 0.05) is 6.54 Å². The van der Waals surface area contributed by atoms with Crippen LogP contribution in [0.3, 0.4) is 0 Å². The van der Waals surface area contributed by atoms with E-state index < -0.39 is 11.9 Å². The molecule has 9 heteroatoms. The van der Waals surface area contributed by atoms with Gasteiger partial charge in [0.15, 0.2) is 23.0 Å². The van der Waals surface area contributed by atoms with Gasteiger partial charge in [0.05, 0.1) is 23.8 Å². The van der Waals surface area contributed by atoms with Gasteiger partial charge in [0.25, 0.3) is 11.8 Å². The second-order valence-electron chi connectivity index (χ2n) is 12.8. The highest BCUT2D eigenvalue weighted by atomic mass is 16.5. The van der Waals surface area contributed by atoms with Gasteiger partial charge in [-0.1, -0.05) is 133 Å². The fourth-order valence-electron chi connectivity index (χ4n) is 5.77. The van der Waals surface area contributed by atoms with Crippen molar-refractivity contribution in [3.63, 3.8) is 0 Å². The monoisotopic (exact) mass is 736 g/mol. The molecule has 0 heterocycles. The second kappa shape index (κ2) is 20.0. The SMILES string of the molecule is O=C(NCC[C@H](CO)NC(=O)c1cccc(OCc2ccccc2)c1OCc1ccccc1)c1cccc(OCc2ccccc2)c1OCc1ccccc1. The Hall–Kier alpha value is -6.58. The van der Waals surface area contributed by atoms with Gasteiger partial charge in [0.1, 0.15) is 26.4 Å². The van der Waals surface area contributed by atoms with Crippen LogP contribution in [0.5, 0.6) is 23.0 Å². The minimum Gasteiger partial charge on any atom is -0.485 e. The molecular formula is C46H44N2O7. The maximum Gasteiger partial charge on any atom is 0.255 e. The fourth-order valence-corrected chi connectivity index (χ4v) is 5.77. The molecule has 6 aromatic rings. The Morgan fingerprint density at radius 3 is 1.25 bits per heavy atom. The summed E-state index contributed by atoms with van der Waals surface area (Å²) in [6.07, 6.45) is 0.253. The van der Waals surface area contributed by atoms with Crippen LogP contribution in [-0.4, -0.2) is 36.1 Å². The lowest BCUT2D eigenvalue weighted by atomic mass is 10.1. The first-order valence-electron chi connectivity index (χ1n) is 18.2. The molecule has 9 nitrogen and oxygen atoms in total. The normalized spacial score (nSPS) is 11.2. The number of carbonyl (C=O) groups is 2. The van der Waals surface area contributed by atoms with E-state index in [0.717, 1.165) is 22.3 Å². The molecule has 6 rings (SSSR count). The third-order valence-electron chi connectivity index (χ3n) is 8.71. The van der Waals surface area contributed by atoms with Crippen molar-refractivity contribution in [2.75, 3.05) is 13.2 Å². The summed E-state index contributed by atoms with van der Waals surface area (Å²) >= 11 is 0. The molecule has 0 aliphatic heterocycles. The van der Waals surface area contributed by atoms with Crippen molar-refractivity contribution < 1.29 is 33.6 Å². The van der Waals surface area contributed by atoms with Crippen LogP contribution in [0.2, 0.25) is 0 Å². The van der Waals surface area contributed by atoms with Crippen LogP contribution in [0.1, 0.15) is 49.4 Å². The summed E-state index contributed by atoms with van der Waals surface area (Å²) in [5.74, 6) is 0.648. The highest BCUT2D eigenvalue weighted by Gasteiger charge is 2.22. The van der Waals surface area contributed by atoms with Crippen molar-refractivity contribution in [3.8, 4) is 23.0 Å². The van der Waals surface area contributed by atoms with Gasteiger partial charge in [-0.2, -0.15) is 0 Å². The number of para-hydroxylation sites is 2. The molecule has 3 N–H and O–H groups in total. The number of hydrogen-bond donors (Lipinski definition) is 3. The van der Waals surface area contributed by atoms with Crippen LogP contribution in [-0.2, 0) is 26.4 Å². The van der Waals surface area contributed by atoms with E-state index in [9.17, 15) is 14.7 Å². The molecule has 0 aliphatic rings. The number of rotatable bonds is 19. The smallest absolute Gasteiger partial charge is 0.255 e. The van der Waals surface area contributed by atoms with Gasteiger partial charge >= 0.3 is 0 Å². The summed E-state index contributed by atoms with van der Waals surface area (Å²) in [6, 6.07) is 48.5. The standard InChI is InChI=1S/C46H44N2O7/c49-29-38(48-46(51)40-24-14-26-42(53-31-35-17-7-2-8-18-35)44(40)55-33-37-21-11-4-12-22-37)27-28-47-45(50)39-23-13-25-41(52-30-34-15-5-1-6-16-34)43(39)54-32-36-19-9-3-10-20-36/h1-26,38,49H,27-33H2,(H,47,50)(H,48,51)/t38-/m1/s1. The molecular weight excluding hydrogens is 693 g/mol. The second-order valence-corrected chi connectivity index (χ2v) is 12.8. The molecule has 0 saturated heterocycles. The van der Waals surface area contributed by atoms with Crippen molar-refractivity contribution in [3.05, 3.63) is 191 Å². The van der Waals surface area contributed by atoms with Crippen LogP contribution in [0, 0.1) is 0 Å². The van der Waals surface area contributed by atoms with Gasteiger partial charge in [0.2, 0.25) is 0 Å². The molecule has 0 aliphatic carbocycles. The number of aliphatic hydroxyl groups excluding tert-OH is 1. The topological polar surface area (TPSA) is 115 Å². The Labute approximate surface area is 321 Å². The van der Waals surface area contributed by atoms with Gasteiger partial charge in [-0.05, 0) is 52.9 Å². The number of nitrogens with one attached hydrogen (secondary N) is 2. The quantitative estimate of drug-likeness (QED) is 0.0775. The van der Waals surface area contributed by atoms with Crippen LogP contribution in [0.15, 0.2) is 158 Å². The van der Waals surface area contributed by atoms with Crippen molar-refractivity contribution in [2.45, 2.75) is 38.9 Å². The van der Waals surface area contributed by atoms with Crippen LogP contribution in [0.25, 0.3) is 0 Å². The van der Waals surface area contributed by atoms with Crippen molar-refractivity contribution in [1.82, 2.24) is 10.6 Å². The maximum absolute atomic E-state index is 13.8. The van der Waals surface area contributed by atoms with E-state index in [2.05, 4.69) is 10.6 Å². The zero-order valence-electron chi connectivity index (χ0n) is 30.4. The van der Waals surface area contributed by atoms with E-state index in [1.54, 1.807) is 36.4 Å². The fraction of sp³-hybridized carbons (Fsp3) is 0.174. The zero-order valence-corrected chi connectivity index (χ0v) is 30.4. The summed E-state index contributed by atoms with van der Waals surface area (Å²) in [5, 5.41) is 16.1. The number of benzene rings is 6. The third kappa shape index (κ3) is 11.2. The van der Waals surface area contributed by atoms with E-state index in [1.807, 2.05) is 121 Å². The van der Waals surface area contributed by atoms with E-state index in [-0.39, 0.29) is 50.9 Å². The lowest BCUT2D eigenvalue weighted by Crippen LogP contribution is -2.40. The van der Waals surface area contributed by atoms with Crippen molar-refractivity contribution in [2.24, 2.45) is 0 Å². The van der Waals surface area contributed by atoms with Gasteiger partial charge in [-0.25, -0.2) is 0 Å². The largest absolute Gasteiger partial charge is 0.485 e. The van der Waals surface area contributed by atoms with Crippen LogP contribution in [0.4, 0.5) is 0 Å². The molecule has 0 radical (unpaired) electrons. The molecule has 2 amide bonds. The van der Waals surface area contributed by atoms with Crippen LogP contribution >= 0.6 is 0 Å². The number of carbonyl (C=O) groups excluding carboxylic acids is 2. The molecule has 6 aromatic carbocycles. The molecule has 280 valence electrons. The molecule has 1 atom stereocenters. The number of hydrogen-bond acceptors (Lipinski definition) is 7. The van der Waals surface area contributed by atoms with Crippen LogP contribution < -0.4 is 29.6 Å². The number of ether oxygens (including phenoxy) is 4. The summed E-state index contributed by atoms with van der Waals surface area (Å²) in [7, 11) is 0. The van der Waals surface area contributed by atoms with Gasteiger partial charge in [-0.15, -0.1) is 0 Å². The average molecular weight is 737 g/mol. The Morgan fingerprint density at radius 2 is 0.855 bits per heavy atom. The minimum atomic E-state index is -0.669. The van der Waals surface area contributed by atoms with E-state index >= 15 is 0 Å². The van der Waals surface area contributed by atoms with Crippen molar-refractivity contribution >= 4 is 11.8 Å². The highest BCUT2D eigenvalue weighted by Crippen LogP contribution is 2.34. The van der Waals surface area contributed by atoms with Crippen molar-refractivity contribution in [1.29, 1.82) is 0 Å². The first-order chi connectivity index (χ1) is 27.1. The number of aliphatic hydroxyl groups is 1. The first-order valence-corrected chi connectivity index (χ1v) is 18.2. The maximum atomic E-state index is 13.8. The Kier molecular flexibility index (Phi) is 13.9. The molecule has 55 heavy (non-hydrogen) atoms. The molecule has 0 spiro atoms. The molecule has 0 aromatic heterocycles. The van der Waals surface area contributed by atoms with E-state index in [4.69, 9.17) is 18.9 Å². The summed E-state index contributed by atoms with van der Waals surface area (Å²) < 4.78 is 24.7. The van der Waals surface area contributed by atoms with Gasteiger partial charge in [-0.3, -0.25) is 9.59 Å². The lowest BCUT2D eigenvalue weighted by Gasteiger charge is -2.20. The van der Waals surface area contributed by atoms with E-state index in [0.29, 0.717) is 35.2 Å². The predicted molar refractivity (Wildman–Crippen MR) is 211 cm³/mol. The van der Waals surface area contributed by atoms with Gasteiger partial charge < -0.3 is 34.7 Å². The Morgan fingerprint density at radius 1 is 0.473 bits per heavy atom. The minimum absolute atomic E-state index is 0.162. The highest BCUT2D eigenvalue weighted by molar-refractivity contribution is 5.98. The summed E-state index contributed by atoms with van der Waals surface area (Å²) in [4.78, 5) is 27.4. The van der Waals surface area contributed by atoms with E-state index in [1.165, 1.54) is 0 Å². The number of amides is 2. The first kappa shape index (κ1) is 38.2. The molecule has 0 bridgehead atoms. The Balaban J connectivity index is 1.12. The molecule has 0 fully saturated rings. The zero-order chi connectivity index (χ0) is 38.1. The lowest BCUT2D eigenvalue weighted by molar-refractivity contribution is 0.0905. The average Bonchev–Trinajstić information content (AvgIpc) is 3.24. The Bertz CT molecular complexity index is 2100. The molecule has 0 saturated carbocycles. The molecule has 0 unspecified atom stereocenters. The summed E-state index contributed by atoms with van der Waals surface area (Å²) in [5.41, 5.74) is 4.38. The summed E-state index contributed by atoms with van der Waals surface area (Å²) in [6.45, 7) is 0.856.